The fourth-order valence-electron chi connectivity index (χ4n) is 2.41. The lowest BCUT2D eigenvalue weighted by Gasteiger charge is -2.09. The topological polar surface area (TPSA) is 107 Å². The Morgan fingerprint density at radius 1 is 0.800 bits per heavy atom. The van der Waals surface area contributed by atoms with Crippen molar-refractivity contribution in [2.75, 3.05) is 18.1 Å². The van der Waals surface area contributed by atoms with E-state index in [0.717, 1.165) is 0 Å². The maximum Gasteiger partial charge on any atom is 0.261 e. The van der Waals surface area contributed by atoms with Crippen LogP contribution in [0.1, 0.15) is 45.4 Å². The first kappa shape index (κ1) is 29.9. The van der Waals surface area contributed by atoms with Crippen molar-refractivity contribution in [1.29, 1.82) is 0 Å². The molecule has 7 nitrogen and oxygen atoms in total. The van der Waals surface area contributed by atoms with Crippen molar-refractivity contribution in [2.24, 2.45) is 0 Å². The van der Waals surface area contributed by atoms with Gasteiger partial charge < -0.3 is 4.74 Å². The average Bonchev–Trinajstić information content (AvgIpc) is 2.85. The highest BCUT2D eigenvalue weighted by atomic mass is 32.2. The molecule has 0 unspecified atom stereocenters. The summed E-state index contributed by atoms with van der Waals surface area (Å²) in [6.07, 6.45) is 3.84. The number of carbonyl (C=O) groups excluding carboxylic acids is 1. The maximum absolute atomic E-state index is 12.2. The first-order valence-corrected chi connectivity index (χ1v) is 14.3. The van der Waals surface area contributed by atoms with Gasteiger partial charge in [0.1, 0.15) is 5.75 Å². The van der Waals surface area contributed by atoms with Crippen LogP contribution in [0.2, 0.25) is 0 Å². The standard InChI is InChI=1S/C15H15NO4S.C7H8O2S.C4H10.H2/c1-11(17)12-3-5-13(6-4-12)16-21(18,19)15-9-7-14(20-2)8-10-15;1-10(8,9)7-5-3-2-4-6-7;1-3-4-2;/h3-10,16H,1-2H3;2-6H,1H3;3-4H2,1-2H3;1H. The highest BCUT2D eigenvalue weighted by molar-refractivity contribution is 7.92. The number of hydrogen-bond donors (Lipinski definition) is 1. The van der Waals surface area contributed by atoms with Gasteiger partial charge in [0.2, 0.25) is 0 Å². The van der Waals surface area contributed by atoms with E-state index in [2.05, 4.69) is 18.6 Å². The van der Waals surface area contributed by atoms with Crippen molar-refractivity contribution in [2.45, 2.75) is 43.4 Å². The molecule has 3 aromatic carbocycles. The molecule has 1 N–H and O–H groups in total. The van der Waals surface area contributed by atoms with Gasteiger partial charge in [0.25, 0.3) is 10.0 Å². The minimum Gasteiger partial charge on any atom is -0.497 e. The van der Waals surface area contributed by atoms with E-state index < -0.39 is 19.9 Å². The summed E-state index contributed by atoms with van der Waals surface area (Å²) < 4.78 is 53.5. The normalized spacial score (nSPS) is 10.7. The Labute approximate surface area is 210 Å². The van der Waals surface area contributed by atoms with Gasteiger partial charge in [-0.2, -0.15) is 0 Å². The number of methoxy groups -OCH3 is 1. The molecule has 0 amide bonds. The Hall–Kier alpha value is -3.17. The molecule has 0 aliphatic carbocycles. The van der Waals surface area contributed by atoms with Crippen LogP contribution >= 0.6 is 0 Å². The Balaban J connectivity index is 0.000000681. The van der Waals surface area contributed by atoms with E-state index in [9.17, 15) is 21.6 Å². The third-order valence-electron chi connectivity index (χ3n) is 4.58. The second-order valence-corrected chi connectivity index (χ2v) is 11.2. The highest BCUT2D eigenvalue weighted by Crippen LogP contribution is 2.19. The zero-order chi connectivity index (χ0) is 26.5. The number of nitrogens with one attached hydrogen (secondary N) is 1. The Bertz CT molecular complexity index is 1260. The third-order valence-corrected chi connectivity index (χ3v) is 7.11. The van der Waals surface area contributed by atoms with Crippen molar-refractivity contribution in [3.63, 3.8) is 0 Å². The van der Waals surface area contributed by atoms with Gasteiger partial charge in [-0.25, -0.2) is 16.8 Å². The van der Waals surface area contributed by atoms with Gasteiger partial charge in [-0.3, -0.25) is 9.52 Å². The monoisotopic (exact) mass is 521 g/mol. The molecule has 0 bridgehead atoms. The van der Waals surface area contributed by atoms with Crippen LogP contribution < -0.4 is 9.46 Å². The molecule has 35 heavy (non-hydrogen) atoms. The van der Waals surface area contributed by atoms with E-state index >= 15 is 0 Å². The quantitative estimate of drug-likeness (QED) is 0.391. The smallest absolute Gasteiger partial charge is 0.261 e. The summed E-state index contributed by atoms with van der Waals surface area (Å²) in [4.78, 5) is 11.7. The Kier molecular flexibility index (Phi) is 12.2. The van der Waals surface area contributed by atoms with Gasteiger partial charge in [0.05, 0.1) is 16.9 Å². The largest absolute Gasteiger partial charge is 0.497 e. The molecule has 192 valence electrons. The molecule has 0 fully saturated rings. The van der Waals surface area contributed by atoms with Crippen molar-refractivity contribution >= 4 is 31.3 Å². The van der Waals surface area contributed by atoms with E-state index in [4.69, 9.17) is 4.74 Å². The number of hydrogen-bond acceptors (Lipinski definition) is 6. The summed E-state index contributed by atoms with van der Waals surface area (Å²) >= 11 is 0. The van der Waals surface area contributed by atoms with Gasteiger partial charge in [0.15, 0.2) is 15.6 Å². The predicted octanol–water partition coefficient (Wildman–Crippen LogP) is 5.84. The Morgan fingerprint density at radius 2 is 1.31 bits per heavy atom. The number of benzene rings is 3. The fourth-order valence-corrected chi connectivity index (χ4v) is 4.12. The first-order valence-electron chi connectivity index (χ1n) is 11.0. The summed E-state index contributed by atoms with van der Waals surface area (Å²) in [5.74, 6) is 0.513. The molecule has 0 aliphatic rings. The summed E-state index contributed by atoms with van der Waals surface area (Å²) in [5.41, 5.74) is 0.929. The van der Waals surface area contributed by atoms with Crippen LogP contribution in [0.3, 0.4) is 0 Å². The molecule has 3 aromatic rings. The highest BCUT2D eigenvalue weighted by Gasteiger charge is 2.14. The number of unbranched alkanes of at least 4 members (excludes halogenated alkanes) is 1. The number of ketones is 1. The molecule has 0 radical (unpaired) electrons. The minimum absolute atomic E-state index is 0. The van der Waals surface area contributed by atoms with Crippen LogP contribution in [-0.4, -0.2) is 36.0 Å². The van der Waals surface area contributed by atoms with Crippen LogP contribution in [0.15, 0.2) is 88.7 Å². The zero-order valence-electron chi connectivity index (χ0n) is 20.7. The Morgan fingerprint density at radius 3 is 1.69 bits per heavy atom. The lowest BCUT2D eigenvalue weighted by atomic mass is 10.1. The molecule has 0 spiro atoms. The first-order chi connectivity index (χ1) is 16.4. The molecular weight excluding hydrogens is 486 g/mol. The lowest BCUT2D eigenvalue weighted by Crippen LogP contribution is -2.12. The SMILES string of the molecule is CCCC.COc1ccc(S(=O)(=O)Nc2ccc(C(C)=O)cc2)cc1.CS(=O)(=O)c1ccccc1.[HH]. The minimum atomic E-state index is -3.66. The summed E-state index contributed by atoms with van der Waals surface area (Å²) in [6, 6.07) is 20.7. The molecule has 9 heteroatoms. The van der Waals surface area contributed by atoms with Crippen LogP contribution in [0.25, 0.3) is 0 Å². The number of anilines is 1. The van der Waals surface area contributed by atoms with Crippen LogP contribution in [0, 0.1) is 0 Å². The number of carbonyl (C=O) groups is 1. The van der Waals surface area contributed by atoms with Crippen LogP contribution in [0.4, 0.5) is 5.69 Å². The van der Waals surface area contributed by atoms with E-state index in [1.54, 1.807) is 66.7 Å². The second kappa shape index (κ2) is 14.3. The third kappa shape index (κ3) is 10.7. The molecule has 0 atom stereocenters. The van der Waals surface area contributed by atoms with Gasteiger partial charge in [0, 0.05) is 18.9 Å². The second-order valence-electron chi connectivity index (χ2n) is 7.50. The van der Waals surface area contributed by atoms with Gasteiger partial charge in [-0.1, -0.05) is 44.9 Å². The maximum atomic E-state index is 12.2. The summed E-state index contributed by atoms with van der Waals surface area (Å²) in [7, 11) is -5.15. The average molecular weight is 522 g/mol. The zero-order valence-corrected chi connectivity index (χ0v) is 22.3. The summed E-state index contributed by atoms with van der Waals surface area (Å²) in [6.45, 7) is 5.82. The molecule has 0 aromatic heterocycles. The van der Waals surface area contributed by atoms with Gasteiger partial charge in [-0.05, 0) is 67.6 Å². The number of sulfonamides is 1. The van der Waals surface area contributed by atoms with E-state index in [1.807, 2.05) is 0 Å². The number of ether oxygens (including phenoxy) is 1. The van der Waals surface area contributed by atoms with Crippen molar-refractivity contribution in [1.82, 2.24) is 0 Å². The van der Waals surface area contributed by atoms with Crippen LogP contribution in [-0.2, 0) is 19.9 Å². The fraction of sp³-hybridized carbons (Fsp3) is 0.269. The number of Topliss-reactive ketones (excluding diaryl/α,β-unsaturated/α-hetero) is 1. The van der Waals surface area contributed by atoms with E-state index in [0.29, 0.717) is 21.9 Å². The molecule has 0 heterocycles. The predicted molar refractivity (Wildman–Crippen MR) is 142 cm³/mol. The van der Waals surface area contributed by atoms with Crippen molar-refractivity contribution < 1.29 is 27.8 Å². The van der Waals surface area contributed by atoms with Crippen molar-refractivity contribution in [3.8, 4) is 5.75 Å². The molecule has 3 rings (SSSR count). The van der Waals surface area contributed by atoms with Crippen molar-refractivity contribution in [3.05, 3.63) is 84.4 Å². The molecular formula is C26H35NO6S2. The van der Waals surface area contributed by atoms with Crippen LogP contribution in [0.5, 0.6) is 5.75 Å². The molecule has 0 aliphatic heterocycles. The van der Waals surface area contributed by atoms with Gasteiger partial charge >= 0.3 is 0 Å². The summed E-state index contributed by atoms with van der Waals surface area (Å²) in [5, 5.41) is 0. The van der Waals surface area contributed by atoms with Gasteiger partial charge in [-0.15, -0.1) is 0 Å². The molecule has 0 saturated heterocycles. The number of sulfone groups is 1. The van der Waals surface area contributed by atoms with E-state index in [-0.39, 0.29) is 12.1 Å². The van der Waals surface area contributed by atoms with E-state index in [1.165, 1.54) is 45.3 Å². The molecule has 0 saturated carbocycles. The number of rotatable bonds is 7. The lowest BCUT2D eigenvalue weighted by molar-refractivity contribution is 0.101.